The van der Waals surface area contributed by atoms with Crippen molar-refractivity contribution in [3.05, 3.63) is 65.4 Å². The molecular formula is C17H14N4O. The Balaban J connectivity index is 2.00. The topological polar surface area (TPSA) is 59.3 Å². The van der Waals surface area contributed by atoms with E-state index in [0.29, 0.717) is 11.3 Å². The second-order valence-electron chi connectivity index (χ2n) is 4.78. The van der Waals surface area contributed by atoms with Gasteiger partial charge in [-0.25, -0.2) is 9.97 Å². The molecule has 3 aromatic rings. The first-order valence-electron chi connectivity index (χ1n) is 6.82. The minimum atomic E-state index is -0.182. The Kier molecular flexibility index (Phi) is 3.58. The van der Waals surface area contributed by atoms with Crippen LogP contribution >= 0.6 is 0 Å². The number of rotatable bonds is 1. The molecule has 22 heavy (non-hydrogen) atoms. The molecule has 0 aliphatic rings. The fourth-order valence-corrected chi connectivity index (χ4v) is 2.10. The molecule has 0 fully saturated rings. The number of nitrogens with one attached hydrogen (secondary N) is 1. The molecule has 3 rings (SSSR count). The molecule has 0 saturated heterocycles. The number of carbonyl (C=O) groups excluding carboxylic acids is 1. The van der Waals surface area contributed by atoms with Gasteiger partial charge in [0.15, 0.2) is 0 Å². The Hall–Kier alpha value is -3.13. The summed E-state index contributed by atoms with van der Waals surface area (Å²) in [6.45, 7) is 1.93. The van der Waals surface area contributed by atoms with E-state index in [0.717, 1.165) is 17.0 Å². The van der Waals surface area contributed by atoms with E-state index in [9.17, 15) is 4.79 Å². The van der Waals surface area contributed by atoms with Crippen LogP contribution in [0.25, 0.3) is 5.65 Å². The van der Waals surface area contributed by atoms with Gasteiger partial charge in [-0.05, 0) is 37.1 Å². The van der Waals surface area contributed by atoms with Crippen LogP contribution in [0.15, 0.2) is 42.7 Å². The molecule has 0 aliphatic carbocycles. The van der Waals surface area contributed by atoms with E-state index in [1.54, 1.807) is 23.8 Å². The van der Waals surface area contributed by atoms with E-state index in [1.807, 2.05) is 37.3 Å². The van der Waals surface area contributed by atoms with Gasteiger partial charge in [0.25, 0.3) is 5.91 Å². The maximum atomic E-state index is 11.8. The van der Waals surface area contributed by atoms with Crippen molar-refractivity contribution in [2.75, 3.05) is 7.05 Å². The highest BCUT2D eigenvalue weighted by atomic mass is 16.1. The summed E-state index contributed by atoms with van der Waals surface area (Å²) >= 11 is 0. The van der Waals surface area contributed by atoms with Crippen LogP contribution in [0.3, 0.4) is 0 Å². The first kappa shape index (κ1) is 13.8. The van der Waals surface area contributed by atoms with Crippen LogP contribution < -0.4 is 5.32 Å². The monoisotopic (exact) mass is 290 g/mol. The van der Waals surface area contributed by atoms with Gasteiger partial charge in [-0.3, -0.25) is 9.20 Å². The van der Waals surface area contributed by atoms with E-state index < -0.39 is 0 Å². The molecule has 0 radical (unpaired) electrons. The molecule has 0 aliphatic heterocycles. The Labute approximate surface area is 128 Å². The summed E-state index contributed by atoms with van der Waals surface area (Å²) in [4.78, 5) is 20.3. The van der Waals surface area contributed by atoms with Crippen molar-refractivity contribution >= 4 is 11.6 Å². The molecule has 0 saturated carbocycles. The van der Waals surface area contributed by atoms with E-state index in [1.165, 1.54) is 0 Å². The summed E-state index contributed by atoms with van der Waals surface area (Å²) in [6.07, 6.45) is 3.35. The molecule has 0 unspecified atom stereocenters. The molecule has 3 aromatic heterocycles. The third-order valence-electron chi connectivity index (χ3n) is 3.19. The summed E-state index contributed by atoms with van der Waals surface area (Å²) in [5.74, 6) is 5.90. The zero-order chi connectivity index (χ0) is 15.5. The molecule has 1 amide bonds. The largest absolute Gasteiger partial charge is 0.354 e. The molecule has 108 valence electrons. The van der Waals surface area contributed by atoms with Crippen molar-refractivity contribution in [1.29, 1.82) is 0 Å². The fraction of sp³-hybridized carbons (Fsp3) is 0.118. The Bertz CT molecular complexity index is 915. The molecule has 0 bridgehead atoms. The molecular weight excluding hydrogens is 276 g/mol. The zero-order valence-corrected chi connectivity index (χ0v) is 12.3. The summed E-state index contributed by atoms with van der Waals surface area (Å²) in [5, 5.41) is 2.60. The minimum Gasteiger partial charge on any atom is -0.354 e. The number of pyridine rings is 2. The van der Waals surface area contributed by atoms with Crippen molar-refractivity contribution in [3.63, 3.8) is 0 Å². The third kappa shape index (κ3) is 2.67. The van der Waals surface area contributed by atoms with Crippen molar-refractivity contribution in [2.45, 2.75) is 6.92 Å². The second-order valence-corrected chi connectivity index (χ2v) is 4.78. The van der Waals surface area contributed by atoms with Gasteiger partial charge < -0.3 is 5.32 Å². The lowest BCUT2D eigenvalue weighted by molar-refractivity contribution is 0.0957. The van der Waals surface area contributed by atoms with Crippen LogP contribution in [0.2, 0.25) is 0 Å². The molecule has 0 spiro atoms. The lowest BCUT2D eigenvalue weighted by atomic mass is 10.2. The predicted molar refractivity (Wildman–Crippen MR) is 83.5 cm³/mol. The quantitative estimate of drug-likeness (QED) is 0.695. The van der Waals surface area contributed by atoms with Crippen LogP contribution in [0.1, 0.15) is 27.4 Å². The maximum absolute atomic E-state index is 11.8. The first-order valence-corrected chi connectivity index (χ1v) is 6.82. The Morgan fingerprint density at radius 2 is 2.09 bits per heavy atom. The average molecular weight is 290 g/mol. The van der Waals surface area contributed by atoms with Gasteiger partial charge in [0.05, 0.1) is 6.20 Å². The van der Waals surface area contributed by atoms with Crippen molar-refractivity contribution in [2.24, 2.45) is 0 Å². The molecule has 5 heteroatoms. The average Bonchev–Trinajstić information content (AvgIpc) is 2.95. The highest BCUT2D eigenvalue weighted by Crippen LogP contribution is 2.09. The van der Waals surface area contributed by atoms with E-state index in [2.05, 4.69) is 27.1 Å². The van der Waals surface area contributed by atoms with Gasteiger partial charge in [-0.1, -0.05) is 12.0 Å². The summed E-state index contributed by atoms with van der Waals surface area (Å²) in [6, 6.07) is 9.43. The summed E-state index contributed by atoms with van der Waals surface area (Å²) in [7, 11) is 1.59. The van der Waals surface area contributed by atoms with Crippen LogP contribution in [0, 0.1) is 18.8 Å². The standard InChI is InChI=1S/C17H14N4O/c1-12-4-3-5-14(20-12)8-6-13-7-9-16-19-10-15(17(22)18-2)21(16)11-13/h3-5,7,9-11H,1-2H3,(H,18,22). The highest BCUT2D eigenvalue weighted by molar-refractivity contribution is 5.93. The normalized spacial score (nSPS) is 10.1. The number of amides is 1. The summed E-state index contributed by atoms with van der Waals surface area (Å²) < 4.78 is 1.73. The first-order chi connectivity index (χ1) is 10.7. The van der Waals surface area contributed by atoms with Gasteiger partial charge in [-0.2, -0.15) is 0 Å². The fourth-order valence-electron chi connectivity index (χ4n) is 2.10. The Morgan fingerprint density at radius 1 is 1.23 bits per heavy atom. The smallest absolute Gasteiger partial charge is 0.269 e. The highest BCUT2D eigenvalue weighted by Gasteiger charge is 2.09. The predicted octanol–water partition coefficient (Wildman–Crippen LogP) is 1.80. The van der Waals surface area contributed by atoms with Crippen molar-refractivity contribution in [3.8, 4) is 11.8 Å². The molecule has 1 N–H and O–H groups in total. The van der Waals surface area contributed by atoms with Gasteiger partial charge in [-0.15, -0.1) is 0 Å². The number of nitrogens with zero attached hydrogens (tertiary/aromatic N) is 3. The van der Waals surface area contributed by atoms with Crippen molar-refractivity contribution < 1.29 is 4.79 Å². The SMILES string of the molecule is CNC(=O)c1cnc2ccc(C#Cc3cccc(C)n3)cn12. The second kappa shape index (κ2) is 5.70. The molecule has 0 atom stereocenters. The number of hydrogen-bond donors (Lipinski definition) is 1. The van der Waals surface area contributed by atoms with Crippen LogP contribution in [0.4, 0.5) is 0 Å². The third-order valence-corrected chi connectivity index (χ3v) is 3.19. The van der Waals surface area contributed by atoms with Gasteiger partial charge in [0.1, 0.15) is 17.0 Å². The lowest BCUT2D eigenvalue weighted by Crippen LogP contribution is -2.19. The number of carbonyl (C=O) groups is 1. The number of imidazole rings is 1. The van der Waals surface area contributed by atoms with E-state index in [4.69, 9.17) is 0 Å². The van der Waals surface area contributed by atoms with E-state index >= 15 is 0 Å². The minimum absolute atomic E-state index is 0.182. The zero-order valence-electron chi connectivity index (χ0n) is 12.3. The number of fused-ring (bicyclic) bond motifs is 1. The van der Waals surface area contributed by atoms with Gasteiger partial charge >= 0.3 is 0 Å². The van der Waals surface area contributed by atoms with E-state index in [-0.39, 0.29) is 5.91 Å². The lowest BCUT2D eigenvalue weighted by Gasteiger charge is -2.00. The number of aromatic nitrogens is 3. The maximum Gasteiger partial charge on any atom is 0.269 e. The van der Waals surface area contributed by atoms with Crippen LogP contribution in [0.5, 0.6) is 0 Å². The Morgan fingerprint density at radius 3 is 2.86 bits per heavy atom. The van der Waals surface area contributed by atoms with Gasteiger partial charge in [0, 0.05) is 24.5 Å². The number of aryl methyl sites for hydroxylation is 1. The summed E-state index contributed by atoms with van der Waals surface area (Å²) in [5.41, 5.74) is 3.63. The van der Waals surface area contributed by atoms with Crippen LogP contribution in [-0.4, -0.2) is 27.3 Å². The van der Waals surface area contributed by atoms with Crippen molar-refractivity contribution in [1.82, 2.24) is 19.7 Å². The van der Waals surface area contributed by atoms with Gasteiger partial charge in [0.2, 0.25) is 0 Å². The molecule has 5 nitrogen and oxygen atoms in total. The molecule has 3 heterocycles. The molecule has 0 aromatic carbocycles. The van der Waals surface area contributed by atoms with Crippen LogP contribution in [-0.2, 0) is 0 Å². The number of hydrogen-bond acceptors (Lipinski definition) is 3.